The summed E-state index contributed by atoms with van der Waals surface area (Å²) >= 11 is 0. The third-order valence-electron chi connectivity index (χ3n) is 4.70. The Kier molecular flexibility index (Phi) is 4.10. The number of fused-ring (bicyclic) bond motifs is 1. The first-order valence-corrected chi connectivity index (χ1v) is 8.41. The third-order valence-corrected chi connectivity index (χ3v) is 4.70. The summed E-state index contributed by atoms with van der Waals surface area (Å²) in [5, 5.41) is 6.07. The van der Waals surface area contributed by atoms with Crippen LogP contribution in [0.15, 0.2) is 66.7 Å². The molecule has 1 heterocycles. The van der Waals surface area contributed by atoms with E-state index in [4.69, 9.17) is 0 Å². The van der Waals surface area contributed by atoms with Gasteiger partial charge in [0.1, 0.15) is 0 Å². The highest BCUT2D eigenvalue weighted by atomic mass is 15.2. The van der Waals surface area contributed by atoms with Gasteiger partial charge in [-0.15, -0.1) is 0 Å². The van der Waals surface area contributed by atoms with Crippen molar-refractivity contribution in [2.75, 3.05) is 26.2 Å². The standard InChI is InChI=1S/C21H22N2/c1-3-9-19-17(6-1)8-5-11-21(19)20-10-4-2-7-18(20)16-23-14-12-22-13-15-23/h1-11,22H,12-16H2. The van der Waals surface area contributed by atoms with Gasteiger partial charge in [0, 0.05) is 32.7 Å². The maximum atomic E-state index is 3.43. The van der Waals surface area contributed by atoms with Crippen LogP contribution in [-0.4, -0.2) is 31.1 Å². The monoisotopic (exact) mass is 302 g/mol. The van der Waals surface area contributed by atoms with E-state index in [0.717, 1.165) is 32.7 Å². The smallest absolute Gasteiger partial charge is 0.0240 e. The zero-order valence-corrected chi connectivity index (χ0v) is 13.3. The number of hydrogen-bond acceptors (Lipinski definition) is 2. The van der Waals surface area contributed by atoms with Crippen LogP contribution < -0.4 is 5.32 Å². The average molecular weight is 302 g/mol. The first-order chi connectivity index (χ1) is 11.4. The van der Waals surface area contributed by atoms with Crippen molar-refractivity contribution in [3.8, 4) is 11.1 Å². The quantitative estimate of drug-likeness (QED) is 0.789. The van der Waals surface area contributed by atoms with Gasteiger partial charge in [0.05, 0.1) is 0 Å². The largest absolute Gasteiger partial charge is 0.314 e. The number of hydrogen-bond donors (Lipinski definition) is 1. The van der Waals surface area contributed by atoms with E-state index in [1.165, 1.54) is 27.5 Å². The summed E-state index contributed by atoms with van der Waals surface area (Å²) in [5.74, 6) is 0. The van der Waals surface area contributed by atoms with Crippen LogP contribution in [-0.2, 0) is 6.54 Å². The Labute approximate surface area is 137 Å². The molecule has 0 atom stereocenters. The topological polar surface area (TPSA) is 15.3 Å². The summed E-state index contributed by atoms with van der Waals surface area (Å²) < 4.78 is 0. The van der Waals surface area contributed by atoms with Gasteiger partial charge in [0.25, 0.3) is 0 Å². The van der Waals surface area contributed by atoms with E-state index in [9.17, 15) is 0 Å². The fraction of sp³-hybridized carbons (Fsp3) is 0.238. The number of nitrogens with zero attached hydrogens (tertiary/aromatic N) is 1. The second kappa shape index (κ2) is 6.53. The summed E-state index contributed by atoms with van der Waals surface area (Å²) in [7, 11) is 0. The molecule has 0 radical (unpaired) electrons. The minimum atomic E-state index is 1.03. The molecule has 1 aliphatic heterocycles. The van der Waals surface area contributed by atoms with E-state index in [-0.39, 0.29) is 0 Å². The molecule has 0 bridgehead atoms. The molecule has 1 N–H and O–H groups in total. The van der Waals surface area contributed by atoms with Crippen LogP contribution in [0, 0.1) is 0 Å². The molecule has 1 saturated heterocycles. The van der Waals surface area contributed by atoms with Crippen molar-refractivity contribution in [1.82, 2.24) is 10.2 Å². The molecule has 23 heavy (non-hydrogen) atoms. The van der Waals surface area contributed by atoms with Crippen molar-refractivity contribution >= 4 is 10.8 Å². The van der Waals surface area contributed by atoms with Crippen LogP contribution in [0.4, 0.5) is 0 Å². The van der Waals surface area contributed by atoms with E-state index >= 15 is 0 Å². The van der Waals surface area contributed by atoms with Crippen LogP contribution >= 0.6 is 0 Å². The summed E-state index contributed by atoms with van der Waals surface area (Å²) in [4.78, 5) is 2.54. The predicted molar refractivity (Wildman–Crippen MR) is 97.5 cm³/mol. The molecule has 2 heteroatoms. The number of piperazine rings is 1. The molecule has 2 nitrogen and oxygen atoms in total. The van der Waals surface area contributed by atoms with Gasteiger partial charge in [0.15, 0.2) is 0 Å². The average Bonchev–Trinajstić information content (AvgIpc) is 2.63. The van der Waals surface area contributed by atoms with E-state index in [2.05, 4.69) is 76.9 Å². The summed E-state index contributed by atoms with van der Waals surface area (Å²) in [6.07, 6.45) is 0. The predicted octanol–water partition coefficient (Wildman–Crippen LogP) is 3.91. The van der Waals surface area contributed by atoms with Gasteiger partial charge < -0.3 is 5.32 Å². The van der Waals surface area contributed by atoms with E-state index in [1.807, 2.05) is 0 Å². The fourth-order valence-electron chi connectivity index (χ4n) is 3.49. The Morgan fingerprint density at radius 3 is 2.35 bits per heavy atom. The van der Waals surface area contributed by atoms with Gasteiger partial charge >= 0.3 is 0 Å². The van der Waals surface area contributed by atoms with Gasteiger partial charge in [-0.25, -0.2) is 0 Å². The zero-order chi connectivity index (χ0) is 15.5. The second-order valence-electron chi connectivity index (χ2n) is 6.21. The highest BCUT2D eigenvalue weighted by Crippen LogP contribution is 2.31. The summed E-state index contributed by atoms with van der Waals surface area (Å²) in [6.45, 7) is 5.47. The van der Waals surface area contributed by atoms with Crippen LogP contribution in [0.3, 0.4) is 0 Å². The fourth-order valence-corrected chi connectivity index (χ4v) is 3.49. The third kappa shape index (κ3) is 3.00. The molecule has 116 valence electrons. The lowest BCUT2D eigenvalue weighted by molar-refractivity contribution is 0.233. The molecule has 0 spiro atoms. The van der Waals surface area contributed by atoms with Crippen molar-refractivity contribution in [2.24, 2.45) is 0 Å². The van der Waals surface area contributed by atoms with Gasteiger partial charge in [0.2, 0.25) is 0 Å². The molecule has 0 amide bonds. The minimum absolute atomic E-state index is 1.03. The van der Waals surface area contributed by atoms with Gasteiger partial charge in [-0.3, -0.25) is 4.90 Å². The molecule has 3 aromatic rings. The number of benzene rings is 3. The molecule has 3 aromatic carbocycles. The lowest BCUT2D eigenvalue weighted by atomic mass is 9.94. The summed E-state index contributed by atoms with van der Waals surface area (Å²) in [6, 6.07) is 24.1. The highest BCUT2D eigenvalue weighted by Gasteiger charge is 2.13. The van der Waals surface area contributed by atoms with E-state index in [0.29, 0.717) is 0 Å². The van der Waals surface area contributed by atoms with E-state index in [1.54, 1.807) is 0 Å². The van der Waals surface area contributed by atoms with Crippen molar-refractivity contribution in [3.63, 3.8) is 0 Å². The lowest BCUT2D eigenvalue weighted by Gasteiger charge is -2.28. The molecular weight excluding hydrogens is 280 g/mol. The van der Waals surface area contributed by atoms with Crippen LogP contribution in [0.1, 0.15) is 5.56 Å². The maximum Gasteiger partial charge on any atom is 0.0240 e. The Morgan fingerprint density at radius 1 is 0.739 bits per heavy atom. The highest BCUT2D eigenvalue weighted by molar-refractivity contribution is 5.97. The first kappa shape index (κ1) is 14.4. The number of rotatable bonds is 3. The first-order valence-electron chi connectivity index (χ1n) is 8.41. The molecule has 0 aromatic heterocycles. The van der Waals surface area contributed by atoms with Crippen LogP contribution in [0.5, 0.6) is 0 Å². The Morgan fingerprint density at radius 2 is 1.43 bits per heavy atom. The van der Waals surface area contributed by atoms with Gasteiger partial charge in [-0.2, -0.15) is 0 Å². The van der Waals surface area contributed by atoms with Gasteiger partial charge in [-0.05, 0) is 27.5 Å². The van der Waals surface area contributed by atoms with Crippen molar-refractivity contribution in [3.05, 3.63) is 72.3 Å². The minimum Gasteiger partial charge on any atom is -0.314 e. The van der Waals surface area contributed by atoms with Crippen LogP contribution in [0.2, 0.25) is 0 Å². The molecular formula is C21H22N2. The van der Waals surface area contributed by atoms with Crippen molar-refractivity contribution < 1.29 is 0 Å². The molecule has 4 rings (SSSR count). The molecule has 0 saturated carbocycles. The SMILES string of the molecule is c1ccc(-c2cccc3ccccc23)c(CN2CCNCC2)c1. The van der Waals surface area contributed by atoms with Crippen LogP contribution in [0.25, 0.3) is 21.9 Å². The lowest BCUT2D eigenvalue weighted by Crippen LogP contribution is -2.42. The normalized spacial score (nSPS) is 15.8. The second-order valence-corrected chi connectivity index (χ2v) is 6.21. The Bertz CT molecular complexity index is 798. The zero-order valence-electron chi connectivity index (χ0n) is 13.3. The maximum absolute atomic E-state index is 3.43. The van der Waals surface area contributed by atoms with Crippen molar-refractivity contribution in [1.29, 1.82) is 0 Å². The van der Waals surface area contributed by atoms with Gasteiger partial charge in [-0.1, -0.05) is 66.7 Å². The Hall–Kier alpha value is -2.16. The van der Waals surface area contributed by atoms with E-state index < -0.39 is 0 Å². The number of nitrogens with one attached hydrogen (secondary N) is 1. The molecule has 0 unspecified atom stereocenters. The summed E-state index contributed by atoms with van der Waals surface area (Å²) in [5.41, 5.74) is 4.13. The van der Waals surface area contributed by atoms with Crippen molar-refractivity contribution in [2.45, 2.75) is 6.54 Å². The Balaban J connectivity index is 1.76. The molecule has 0 aliphatic carbocycles. The molecule has 1 aliphatic rings. The molecule has 1 fully saturated rings.